The van der Waals surface area contributed by atoms with Crippen LogP contribution in [-0.4, -0.2) is 113 Å². The summed E-state index contributed by atoms with van der Waals surface area (Å²) in [6, 6.07) is 23.8. The van der Waals surface area contributed by atoms with E-state index in [1.165, 1.54) is 12.8 Å². The molecule has 4 saturated heterocycles. The average molecular weight is 870 g/mol. The standard InChI is InChI=1S/C49H56ClN9O4/c1-49(2,37-25-34(29-51)26-38(50)28-37)36-3-6-42(7-4-36)63-32-39-11-16-52-48(53-39)58-23-21-57(22-24-58)40-14-17-55(18-15-40)30-33-12-19-56(20-13-33)41-5-8-43-35(27-41)31-59(47(43)62)44-9-10-45(60)54-46(44)61/h3-8,11,16,25-28,33,40,44H,9-10,12-15,17-24,30-32H2,1-2H3,(H,54,60,61). The second-order valence-corrected chi connectivity index (χ2v) is 18.8. The molecule has 0 aliphatic carbocycles. The first-order chi connectivity index (χ1) is 30.5. The molecule has 3 amide bonds. The summed E-state index contributed by atoms with van der Waals surface area (Å²) in [4.78, 5) is 58.5. The van der Waals surface area contributed by atoms with Gasteiger partial charge in [0.2, 0.25) is 17.8 Å². The van der Waals surface area contributed by atoms with Gasteiger partial charge < -0.3 is 24.3 Å². The maximum absolute atomic E-state index is 13.2. The largest absolute Gasteiger partial charge is 0.487 e. The summed E-state index contributed by atoms with van der Waals surface area (Å²) in [7, 11) is 0. The fraction of sp³-hybridized carbons (Fsp3) is 0.469. The molecular weight excluding hydrogens is 814 g/mol. The number of nitriles is 1. The van der Waals surface area contributed by atoms with Crippen molar-refractivity contribution < 1.29 is 19.1 Å². The molecular formula is C49H56ClN9O4. The second kappa shape index (κ2) is 18.3. The molecule has 4 aromatic rings. The van der Waals surface area contributed by atoms with Crippen molar-refractivity contribution in [2.75, 3.05) is 68.7 Å². The summed E-state index contributed by atoms with van der Waals surface area (Å²) in [6.07, 6.45) is 7.17. The zero-order chi connectivity index (χ0) is 43.7. The minimum absolute atomic E-state index is 0.122. The van der Waals surface area contributed by atoms with Crippen molar-refractivity contribution in [3.05, 3.63) is 111 Å². The van der Waals surface area contributed by atoms with Crippen LogP contribution in [0, 0.1) is 17.2 Å². The quantitative estimate of drug-likeness (QED) is 0.173. The molecule has 9 rings (SSSR count). The van der Waals surface area contributed by atoms with Gasteiger partial charge in [-0.1, -0.05) is 37.6 Å². The van der Waals surface area contributed by atoms with Gasteiger partial charge in [-0.3, -0.25) is 24.6 Å². The van der Waals surface area contributed by atoms with E-state index in [2.05, 4.69) is 74.1 Å². The molecule has 3 aromatic carbocycles. The van der Waals surface area contributed by atoms with Crippen LogP contribution in [0.5, 0.6) is 5.75 Å². The number of ether oxygens (including phenoxy) is 1. The number of benzene rings is 3. The monoisotopic (exact) mass is 869 g/mol. The highest BCUT2D eigenvalue weighted by molar-refractivity contribution is 6.30. The van der Waals surface area contributed by atoms with Gasteiger partial charge in [0.05, 0.1) is 17.3 Å². The summed E-state index contributed by atoms with van der Waals surface area (Å²) in [5, 5.41) is 12.4. The molecule has 1 unspecified atom stereocenters. The lowest BCUT2D eigenvalue weighted by Crippen LogP contribution is -2.54. The Bertz CT molecular complexity index is 2380. The van der Waals surface area contributed by atoms with Crippen molar-refractivity contribution in [1.29, 1.82) is 5.26 Å². The number of anilines is 2. The smallest absolute Gasteiger partial charge is 0.255 e. The Morgan fingerprint density at radius 3 is 2.33 bits per heavy atom. The zero-order valence-corrected chi connectivity index (χ0v) is 37.0. The molecule has 328 valence electrons. The molecule has 0 radical (unpaired) electrons. The van der Waals surface area contributed by atoms with Crippen molar-refractivity contribution in [2.45, 2.75) is 83.0 Å². The molecule has 4 fully saturated rings. The van der Waals surface area contributed by atoms with Crippen LogP contribution in [0.2, 0.25) is 5.02 Å². The lowest BCUT2D eigenvalue weighted by molar-refractivity contribution is -0.136. The van der Waals surface area contributed by atoms with E-state index in [9.17, 15) is 19.6 Å². The van der Waals surface area contributed by atoms with E-state index in [0.717, 1.165) is 112 Å². The Hall–Kier alpha value is -5.55. The number of hydrogen-bond donors (Lipinski definition) is 1. The number of hydrogen-bond acceptors (Lipinski definition) is 11. The SMILES string of the molecule is CC(C)(c1ccc(OCc2ccnc(N3CCN(C4CCN(CC5CCN(c6ccc7c(c6)CN(C6CCC(=O)NC6=O)C7=O)CC5)CC4)CC3)n2)cc1)c1cc(Cl)cc(C#N)c1. The minimum atomic E-state index is -0.588. The molecule has 5 aliphatic rings. The molecule has 0 saturated carbocycles. The van der Waals surface area contributed by atoms with Gasteiger partial charge in [0, 0.05) is 92.7 Å². The van der Waals surface area contributed by atoms with Crippen molar-refractivity contribution >= 4 is 41.0 Å². The number of piperazine rings is 1. The predicted molar refractivity (Wildman–Crippen MR) is 242 cm³/mol. The van der Waals surface area contributed by atoms with Gasteiger partial charge in [-0.05, 0) is 122 Å². The summed E-state index contributed by atoms with van der Waals surface area (Å²) >= 11 is 6.32. The molecule has 1 atom stereocenters. The first kappa shape index (κ1) is 42.7. The van der Waals surface area contributed by atoms with Crippen LogP contribution >= 0.6 is 11.6 Å². The van der Waals surface area contributed by atoms with E-state index in [-0.39, 0.29) is 29.6 Å². The molecule has 1 N–H and O–H groups in total. The molecule has 14 heteroatoms. The first-order valence-electron chi connectivity index (χ1n) is 22.5. The number of amides is 3. The van der Waals surface area contributed by atoms with E-state index < -0.39 is 6.04 Å². The molecule has 63 heavy (non-hydrogen) atoms. The van der Waals surface area contributed by atoms with Crippen molar-refractivity contribution in [2.24, 2.45) is 5.92 Å². The van der Waals surface area contributed by atoms with E-state index in [0.29, 0.717) is 47.7 Å². The van der Waals surface area contributed by atoms with Gasteiger partial charge in [-0.15, -0.1) is 0 Å². The Balaban J connectivity index is 0.692. The third kappa shape index (κ3) is 9.40. The molecule has 13 nitrogen and oxygen atoms in total. The Labute approximate surface area is 375 Å². The maximum atomic E-state index is 13.2. The lowest BCUT2D eigenvalue weighted by Gasteiger charge is -2.43. The van der Waals surface area contributed by atoms with Crippen LogP contribution in [0.4, 0.5) is 11.6 Å². The molecule has 1 aromatic heterocycles. The first-order valence-corrected chi connectivity index (χ1v) is 22.9. The van der Waals surface area contributed by atoms with Gasteiger partial charge >= 0.3 is 0 Å². The number of aromatic nitrogens is 2. The number of nitrogens with zero attached hydrogens (tertiary/aromatic N) is 8. The lowest BCUT2D eigenvalue weighted by atomic mass is 9.78. The summed E-state index contributed by atoms with van der Waals surface area (Å²) in [6.45, 7) is 14.3. The maximum Gasteiger partial charge on any atom is 0.255 e. The summed E-state index contributed by atoms with van der Waals surface area (Å²) < 4.78 is 6.17. The molecule has 5 aliphatic heterocycles. The van der Waals surface area contributed by atoms with Crippen LogP contribution in [0.25, 0.3) is 0 Å². The van der Waals surface area contributed by atoms with Gasteiger partial charge in [0.1, 0.15) is 18.4 Å². The number of rotatable bonds is 11. The van der Waals surface area contributed by atoms with Gasteiger partial charge in [-0.25, -0.2) is 9.97 Å². The van der Waals surface area contributed by atoms with Crippen molar-refractivity contribution in [1.82, 2.24) is 30.0 Å². The zero-order valence-electron chi connectivity index (χ0n) is 36.3. The van der Waals surface area contributed by atoms with E-state index >= 15 is 0 Å². The predicted octanol–water partition coefficient (Wildman–Crippen LogP) is 6.17. The van der Waals surface area contributed by atoms with Crippen molar-refractivity contribution in [3.63, 3.8) is 0 Å². The number of likely N-dealkylation sites (tertiary alicyclic amines) is 1. The number of piperidine rings is 3. The third-order valence-electron chi connectivity index (χ3n) is 14.1. The van der Waals surface area contributed by atoms with E-state index in [1.807, 2.05) is 42.6 Å². The average Bonchev–Trinajstić information content (AvgIpc) is 3.63. The van der Waals surface area contributed by atoms with Crippen LogP contribution in [0.1, 0.15) is 90.7 Å². The van der Waals surface area contributed by atoms with E-state index in [4.69, 9.17) is 21.3 Å². The highest BCUT2D eigenvalue weighted by Crippen LogP contribution is 2.36. The Kier molecular flexibility index (Phi) is 12.4. The topological polar surface area (TPSA) is 138 Å². The highest BCUT2D eigenvalue weighted by Gasteiger charge is 2.39. The fourth-order valence-corrected chi connectivity index (χ4v) is 10.4. The van der Waals surface area contributed by atoms with Crippen LogP contribution in [0.3, 0.4) is 0 Å². The fourth-order valence-electron chi connectivity index (χ4n) is 10.2. The molecule has 6 heterocycles. The third-order valence-corrected chi connectivity index (χ3v) is 14.3. The number of nitrogens with one attached hydrogen (secondary N) is 1. The highest BCUT2D eigenvalue weighted by atomic mass is 35.5. The van der Waals surface area contributed by atoms with Gasteiger partial charge in [0.15, 0.2) is 0 Å². The molecule has 0 spiro atoms. The van der Waals surface area contributed by atoms with Crippen LogP contribution in [-0.2, 0) is 28.2 Å². The number of fused-ring (bicyclic) bond motifs is 1. The normalized spacial score (nSPS) is 20.8. The van der Waals surface area contributed by atoms with E-state index in [1.54, 1.807) is 11.0 Å². The number of imide groups is 1. The Morgan fingerprint density at radius 2 is 1.60 bits per heavy atom. The molecule has 0 bridgehead atoms. The Morgan fingerprint density at radius 1 is 0.841 bits per heavy atom. The van der Waals surface area contributed by atoms with Crippen molar-refractivity contribution in [3.8, 4) is 11.8 Å². The number of carbonyl (C=O) groups is 3. The number of halogens is 1. The minimum Gasteiger partial charge on any atom is -0.487 e. The van der Waals surface area contributed by atoms with Gasteiger partial charge in [-0.2, -0.15) is 5.26 Å². The van der Waals surface area contributed by atoms with Crippen LogP contribution < -0.4 is 19.9 Å². The summed E-state index contributed by atoms with van der Waals surface area (Å²) in [5.74, 6) is 1.44. The van der Waals surface area contributed by atoms with Crippen LogP contribution in [0.15, 0.2) is 72.9 Å². The summed E-state index contributed by atoms with van der Waals surface area (Å²) in [5.41, 5.74) is 5.91. The second-order valence-electron chi connectivity index (χ2n) is 18.4. The number of carbonyl (C=O) groups excluding carboxylic acids is 3. The van der Waals surface area contributed by atoms with Gasteiger partial charge in [0.25, 0.3) is 5.91 Å².